The molecule has 6 N–H and O–H groups in total. The first-order valence-corrected chi connectivity index (χ1v) is 6.63. The van der Waals surface area contributed by atoms with Gasteiger partial charge in [0.05, 0.1) is 5.92 Å². The molecule has 5 heteroatoms. The van der Waals surface area contributed by atoms with Gasteiger partial charge in [0.15, 0.2) is 0 Å². The van der Waals surface area contributed by atoms with Crippen LogP contribution in [0.3, 0.4) is 0 Å². The van der Waals surface area contributed by atoms with Gasteiger partial charge in [-0.15, -0.1) is 0 Å². The molecule has 1 aliphatic rings. The maximum atomic E-state index is 12.0. The van der Waals surface area contributed by atoms with Gasteiger partial charge in [-0.05, 0) is 36.6 Å². The molecule has 19 heavy (non-hydrogen) atoms. The number of hydrogen-bond acceptors (Lipinski definition) is 5. The molecule has 0 aromatic heterocycles. The Balaban J connectivity index is 1.92. The third-order valence-corrected chi connectivity index (χ3v) is 3.54. The van der Waals surface area contributed by atoms with Crippen molar-refractivity contribution in [2.45, 2.75) is 38.3 Å². The van der Waals surface area contributed by atoms with Gasteiger partial charge in [0, 0.05) is 17.4 Å². The summed E-state index contributed by atoms with van der Waals surface area (Å²) in [6.07, 6.45) is 3.85. The maximum Gasteiger partial charge on any atom is 0.310 e. The molecule has 2 rings (SSSR count). The molecule has 1 saturated carbocycles. The van der Waals surface area contributed by atoms with E-state index in [0.717, 1.165) is 31.2 Å². The van der Waals surface area contributed by atoms with Crippen LogP contribution in [-0.4, -0.2) is 12.0 Å². The van der Waals surface area contributed by atoms with Crippen molar-refractivity contribution in [1.82, 2.24) is 0 Å². The monoisotopic (exact) mass is 263 g/mol. The maximum absolute atomic E-state index is 12.0. The van der Waals surface area contributed by atoms with Gasteiger partial charge in [-0.2, -0.15) is 0 Å². The summed E-state index contributed by atoms with van der Waals surface area (Å²) < 4.78 is 5.32. The summed E-state index contributed by atoms with van der Waals surface area (Å²) in [6.45, 7) is 0.192. The molecule has 0 radical (unpaired) electrons. The number of hydrogen-bond donors (Lipinski definition) is 3. The highest BCUT2D eigenvalue weighted by molar-refractivity contribution is 5.73. The molecule has 0 spiro atoms. The summed E-state index contributed by atoms with van der Waals surface area (Å²) in [6, 6.07) is 5.10. The summed E-state index contributed by atoms with van der Waals surface area (Å²) in [7, 11) is 0. The van der Waals surface area contributed by atoms with Gasteiger partial charge in [0.25, 0.3) is 0 Å². The Morgan fingerprint density at radius 1 is 1.16 bits per heavy atom. The summed E-state index contributed by atoms with van der Waals surface area (Å²) in [5.74, 6) is -0.389. The highest BCUT2D eigenvalue weighted by Crippen LogP contribution is 2.24. The SMILES string of the molecule is Nc1cc(N)cc(COC(=O)[C@H]2CCCC[C@H]2N)c1. The number of carbonyl (C=O) groups excluding carboxylic acids is 1. The van der Waals surface area contributed by atoms with Crippen LogP contribution in [0.15, 0.2) is 18.2 Å². The molecule has 0 amide bonds. The summed E-state index contributed by atoms with van der Waals surface area (Å²) in [5.41, 5.74) is 19.3. The van der Waals surface area contributed by atoms with Crippen molar-refractivity contribution >= 4 is 17.3 Å². The Morgan fingerprint density at radius 2 is 1.79 bits per heavy atom. The van der Waals surface area contributed by atoms with Gasteiger partial charge >= 0.3 is 5.97 Å². The number of nitrogen functional groups attached to an aromatic ring is 2. The van der Waals surface area contributed by atoms with E-state index in [9.17, 15) is 4.79 Å². The quantitative estimate of drug-likeness (QED) is 0.565. The molecular formula is C14H21N3O2. The van der Waals surface area contributed by atoms with E-state index < -0.39 is 0 Å². The van der Waals surface area contributed by atoms with E-state index in [1.165, 1.54) is 0 Å². The third kappa shape index (κ3) is 3.61. The summed E-state index contributed by atoms with van der Waals surface area (Å²) in [4.78, 5) is 12.0. The lowest BCUT2D eigenvalue weighted by Gasteiger charge is -2.26. The van der Waals surface area contributed by atoms with Gasteiger partial charge < -0.3 is 21.9 Å². The molecule has 1 fully saturated rings. The Bertz CT molecular complexity index is 442. The number of ether oxygens (including phenoxy) is 1. The van der Waals surface area contributed by atoms with Crippen LogP contribution in [0.5, 0.6) is 0 Å². The van der Waals surface area contributed by atoms with Crippen LogP contribution in [0.4, 0.5) is 11.4 Å². The summed E-state index contributed by atoms with van der Waals surface area (Å²) >= 11 is 0. The van der Waals surface area contributed by atoms with Crippen molar-refractivity contribution in [3.8, 4) is 0 Å². The Kier molecular flexibility index (Phi) is 4.27. The Labute approximate surface area is 113 Å². The predicted octanol–water partition coefficient (Wildman–Crippen LogP) is 1.41. The van der Waals surface area contributed by atoms with E-state index in [2.05, 4.69) is 0 Å². The fourth-order valence-corrected chi connectivity index (χ4v) is 2.54. The van der Waals surface area contributed by atoms with E-state index in [4.69, 9.17) is 21.9 Å². The van der Waals surface area contributed by atoms with Gasteiger partial charge in [0.1, 0.15) is 6.61 Å². The molecule has 2 atom stereocenters. The Morgan fingerprint density at radius 3 is 2.42 bits per heavy atom. The second kappa shape index (κ2) is 5.93. The first-order valence-electron chi connectivity index (χ1n) is 6.63. The van der Waals surface area contributed by atoms with E-state index in [0.29, 0.717) is 11.4 Å². The molecule has 1 aromatic carbocycles. The van der Waals surface area contributed by atoms with Crippen LogP contribution in [0.1, 0.15) is 31.2 Å². The van der Waals surface area contributed by atoms with Crippen LogP contribution in [0.25, 0.3) is 0 Å². The smallest absolute Gasteiger partial charge is 0.310 e. The molecule has 0 bridgehead atoms. The average Bonchev–Trinajstić information content (AvgIpc) is 2.35. The molecule has 104 valence electrons. The van der Waals surface area contributed by atoms with Crippen LogP contribution in [0.2, 0.25) is 0 Å². The van der Waals surface area contributed by atoms with Gasteiger partial charge in [-0.1, -0.05) is 12.8 Å². The van der Waals surface area contributed by atoms with Gasteiger partial charge in [-0.3, -0.25) is 4.79 Å². The van der Waals surface area contributed by atoms with Crippen molar-refractivity contribution in [2.75, 3.05) is 11.5 Å². The second-order valence-corrected chi connectivity index (χ2v) is 5.17. The number of carbonyl (C=O) groups is 1. The lowest BCUT2D eigenvalue weighted by molar-refractivity contribution is -0.151. The minimum atomic E-state index is -0.215. The molecule has 0 aliphatic heterocycles. The zero-order valence-electron chi connectivity index (χ0n) is 11.0. The standard InChI is InChI=1S/C14H21N3O2/c15-10-5-9(6-11(16)7-10)8-19-14(18)12-3-1-2-4-13(12)17/h5-7,12-13H,1-4,8,15-17H2/t12-,13+/m0/s1. The first-order chi connectivity index (χ1) is 9.06. The molecular weight excluding hydrogens is 242 g/mol. The molecule has 0 saturated heterocycles. The van der Waals surface area contributed by atoms with Gasteiger partial charge in [0.2, 0.25) is 0 Å². The van der Waals surface area contributed by atoms with Crippen LogP contribution in [-0.2, 0) is 16.1 Å². The number of benzene rings is 1. The van der Waals surface area contributed by atoms with Crippen molar-refractivity contribution < 1.29 is 9.53 Å². The minimum Gasteiger partial charge on any atom is -0.461 e. The number of esters is 1. The summed E-state index contributed by atoms with van der Waals surface area (Å²) in [5, 5.41) is 0. The largest absolute Gasteiger partial charge is 0.461 e. The predicted molar refractivity (Wildman–Crippen MR) is 75.0 cm³/mol. The molecule has 0 heterocycles. The lowest BCUT2D eigenvalue weighted by atomic mass is 9.85. The fraction of sp³-hybridized carbons (Fsp3) is 0.500. The van der Waals surface area contributed by atoms with Gasteiger partial charge in [-0.25, -0.2) is 0 Å². The van der Waals surface area contributed by atoms with Crippen molar-refractivity contribution in [1.29, 1.82) is 0 Å². The Hall–Kier alpha value is -1.75. The zero-order chi connectivity index (χ0) is 13.8. The molecule has 0 unspecified atom stereocenters. The molecule has 1 aromatic rings. The van der Waals surface area contributed by atoms with Crippen molar-refractivity contribution in [3.05, 3.63) is 23.8 Å². The number of rotatable bonds is 3. The highest BCUT2D eigenvalue weighted by atomic mass is 16.5. The van der Waals surface area contributed by atoms with Crippen LogP contribution < -0.4 is 17.2 Å². The van der Waals surface area contributed by atoms with E-state index in [1.54, 1.807) is 18.2 Å². The van der Waals surface area contributed by atoms with E-state index >= 15 is 0 Å². The first kappa shape index (κ1) is 13.7. The topological polar surface area (TPSA) is 104 Å². The third-order valence-electron chi connectivity index (χ3n) is 3.54. The van der Waals surface area contributed by atoms with E-state index in [1.807, 2.05) is 0 Å². The highest BCUT2D eigenvalue weighted by Gasteiger charge is 2.29. The fourth-order valence-electron chi connectivity index (χ4n) is 2.54. The van der Waals surface area contributed by atoms with Crippen molar-refractivity contribution in [3.63, 3.8) is 0 Å². The van der Waals surface area contributed by atoms with E-state index in [-0.39, 0.29) is 24.5 Å². The average molecular weight is 263 g/mol. The van der Waals surface area contributed by atoms with Crippen LogP contribution in [0, 0.1) is 5.92 Å². The zero-order valence-corrected chi connectivity index (χ0v) is 11.0. The number of anilines is 2. The molecule has 5 nitrogen and oxygen atoms in total. The van der Waals surface area contributed by atoms with Crippen LogP contribution >= 0.6 is 0 Å². The second-order valence-electron chi connectivity index (χ2n) is 5.17. The number of nitrogens with two attached hydrogens (primary N) is 3. The normalized spacial score (nSPS) is 23.0. The van der Waals surface area contributed by atoms with Crippen molar-refractivity contribution in [2.24, 2.45) is 11.7 Å². The lowest BCUT2D eigenvalue weighted by Crippen LogP contribution is -2.38. The minimum absolute atomic E-state index is 0.0767. The molecule has 1 aliphatic carbocycles.